The second-order valence-electron chi connectivity index (χ2n) is 3.36. The largest absolute Gasteiger partial charge is 0.469 e. The number of hydrogen-bond acceptors (Lipinski definition) is 6. The van der Waals surface area contributed by atoms with Crippen LogP contribution < -0.4 is 0 Å². The van der Waals surface area contributed by atoms with Gasteiger partial charge in [0.15, 0.2) is 5.82 Å². The van der Waals surface area contributed by atoms with Crippen molar-refractivity contribution in [1.29, 1.82) is 0 Å². The van der Waals surface area contributed by atoms with Gasteiger partial charge in [0.2, 0.25) is 5.89 Å². The normalized spacial score (nSPS) is 12.4. The number of thioether (sulfide) groups is 1. The van der Waals surface area contributed by atoms with Crippen molar-refractivity contribution in [2.75, 3.05) is 7.11 Å². The lowest BCUT2D eigenvalue weighted by molar-refractivity contribution is -0.140. The number of esters is 1. The van der Waals surface area contributed by atoms with Gasteiger partial charge in [0.25, 0.3) is 0 Å². The van der Waals surface area contributed by atoms with E-state index in [9.17, 15) is 4.79 Å². The number of methoxy groups -OCH3 is 1. The highest BCUT2D eigenvalue weighted by Gasteiger charge is 2.11. The Hall–Kier alpha value is -1.04. The lowest BCUT2D eigenvalue weighted by atomic mass is 10.3. The van der Waals surface area contributed by atoms with Gasteiger partial charge in [-0.2, -0.15) is 4.98 Å². The van der Waals surface area contributed by atoms with Gasteiger partial charge in [0.05, 0.1) is 19.3 Å². The monoisotopic (exact) mass is 244 g/mol. The van der Waals surface area contributed by atoms with Crippen molar-refractivity contribution in [3.63, 3.8) is 0 Å². The van der Waals surface area contributed by atoms with Gasteiger partial charge < -0.3 is 9.26 Å². The van der Waals surface area contributed by atoms with Crippen LogP contribution >= 0.6 is 11.8 Å². The Kier molecular flexibility index (Phi) is 5.31. The number of carbonyl (C=O) groups excluding carboxylic acids is 1. The van der Waals surface area contributed by atoms with Crippen molar-refractivity contribution in [3.8, 4) is 0 Å². The van der Waals surface area contributed by atoms with E-state index in [1.807, 2.05) is 13.8 Å². The molecule has 1 aromatic heterocycles. The van der Waals surface area contributed by atoms with E-state index in [1.165, 1.54) is 7.11 Å². The van der Waals surface area contributed by atoms with Crippen LogP contribution in [-0.4, -0.2) is 28.5 Å². The fraction of sp³-hybridized carbons (Fsp3) is 0.700. The zero-order valence-corrected chi connectivity index (χ0v) is 10.5. The Morgan fingerprint density at radius 2 is 2.38 bits per heavy atom. The second kappa shape index (κ2) is 6.52. The number of ether oxygens (including phenoxy) is 1. The minimum Gasteiger partial charge on any atom is -0.469 e. The standard InChI is InChI=1S/C10H16N2O3S/c1-4-9-11-8(12-15-9)6-16-7(2)5-10(13)14-3/h7H,4-6H2,1-3H3. The lowest BCUT2D eigenvalue weighted by Crippen LogP contribution is -2.08. The molecule has 0 amide bonds. The van der Waals surface area contributed by atoms with Crippen molar-refractivity contribution in [1.82, 2.24) is 10.1 Å². The molecule has 1 rings (SSSR count). The first-order valence-electron chi connectivity index (χ1n) is 5.15. The molecule has 0 bridgehead atoms. The SMILES string of the molecule is CCc1nc(CSC(C)CC(=O)OC)no1. The van der Waals surface area contributed by atoms with Crippen LogP contribution in [0.2, 0.25) is 0 Å². The predicted molar refractivity (Wildman–Crippen MR) is 61.1 cm³/mol. The summed E-state index contributed by atoms with van der Waals surface area (Å²) in [6, 6.07) is 0. The second-order valence-corrected chi connectivity index (χ2v) is 4.79. The number of carbonyl (C=O) groups is 1. The molecule has 0 saturated heterocycles. The minimum absolute atomic E-state index is 0.191. The molecule has 0 aliphatic rings. The van der Waals surface area contributed by atoms with Crippen LogP contribution in [-0.2, 0) is 21.7 Å². The van der Waals surface area contributed by atoms with Crippen LogP contribution in [0.3, 0.4) is 0 Å². The third-order valence-corrected chi connectivity index (χ3v) is 3.15. The number of aryl methyl sites for hydroxylation is 1. The Bertz CT molecular complexity index is 341. The molecule has 0 N–H and O–H groups in total. The molecule has 1 heterocycles. The molecule has 0 radical (unpaired) electrons. The topological polar surface area (TPSA) is 65.2 Å². The summed E-state index contributed by atoms with van der Waals surface area (Å²) >= 11 is 1.61. The molecule has 0 fully saturated rings. The highest BCUT2D eigenvalue weighted by molar-refractivity contribution is 7.99. The number of aromatic nitrogens is 2. The van der Waals surface area contributed by atoms with Gasteiger partial charge in [-0.3, -0.25) is 4.79 Å². The van der Waals surface area contributed by atoms with E-state index in [4.69, 9.17) is 4.52 Å². The summed E-state index contributed by atoms with van der Waals surface area (Å²) in [4.78, 5) is 15.2. The predicted octanol–water partition coefficient (Wildman–Crippen LogP) is 1.82. The molecule has 0 aliphatic carbocycles. The molecule has 90 valence electrons. The Morgan fingerprint density at radius 3 is 2.94 bits per heavy atom. The summed E-state index contributed by atoms with van der Waals surface area (Å²) in [5.41, 5.74) is 0. The minimum atomic E-state index is -0.192. The molecule has 1 unspecified atom stereocenters. The summed E-state index contributed by atoms with van der Waals surface area (Å²) in [6.45, 7) is 3.94. The zero-order chi connectivity index (χ0) is 12.0. The fourth-order valence-electron chi connectivity index (χ4n) is 1.09. The van der Waals surface area contributed by atoms with E-state index in [-0.39, 0.29) is 11.2 Å². The molecule has 1 atom stereocenters. The van der Waals surface area contributed by atoms with Crippen LogP contribution in [0.15, 0.2) is 4.52 Å². The smallest absolute Gasteiger partial charge is 0.306 e. The van der Waals surface area contributed by atoms with E-state index in [0.717, 1.165) is 6.42 Å². The first-order valence-corrected chi connectivity index (χ1v) is 6.20. The molecule has 6 heteroatoms. The van der Waals surface area contributed by atoms with Crippen LogP contribution in [0, 0.1) is 0 Å². The maximum absolute atomic E-state index is 11.0. The summed E-state index contributed by atoms with van der Waals surface area (Å²) in [5, 5.41) is 4.03. The van der Waals surface area contributed by atoms with Gasteiger partial charge in [0, 0.05) is 11.7 Å². The van der Waals surface area contributed by atoms with Crippen molar-refractivity contribution < 1.29 is 14.1 Å². The molecule has 5 nitrogen and oxygen atoms in total. The van der Waals surface area contributed by atoms with Gasteiger partial charge in [-0.25, -0.2) is 0 Å². The van der Waals surface area contributed by atoms with Crippen molar-refractivity contribution >= 4 is 17.7 Å². The number of hydrogen-bond donors (Lipinski definition) is 0. The Morgan fingerprint density at radius 1 is 1.62 bits per heavy atom. The Balaban J connectivity index is 2.31. The third-order valence-electron chi connectivity index (χ3n) is 1.99. The van der Waals surface area contributed by atoms with Gasteiger partial charge in [0.1, 0.15) is 0 Å². The summed E-state index contributed by atoms with van der Waals surface area (Å²) in [7, 11) is 1.40. The van der Waals surface area contributed by atoms with Crippen LogP contribution in [0.4, 0.5) is 0 Å². The van der Waals surface area contributed by atoms with E-state index in [1.54, 1.807) is 11.8 Å². The molecule has 1 aromatic rings. The molecular weight excluding hydrogens is 228 g/mol. The first-order chi connectivity index (χ1) is 7.65. The third kappa shape index (κ3) is 4.22. The quantitative estimate of drug-likeness (QED) is 0.711. The van der Waals surface area contributed by atoms with Gasteiger partial charge in [-0.05, 0) is 0 Å². The average Bonchev–Trinajstić information content (AvgIpc) is 2.74. The number of rotatable bonds is 6. The van der Waals surface area contributed by atoms with E-state index >= 15 is 0 Å². The maximum atomic E-state index is 11.0. The Labute approximate surface area is 98.9 Å². The average molecular weight is 244 g/mol. The first kappa shape index (κ1) is 13.0. The van der Waals surface area contributed by atoms with Gasteiger partial charge >= 0.3 is 5.97 Å². The van der Waals surface area contributed by atoms with Gasteiger partial charge in [-0.1, -0.05) is 19.0 Å². The molecule has 16 heavy (non-hydrogen) atoms. The van der Waals surface area contributed by atoms with Crippen molar-refractivity contribution in [2.24, 2.45) is 0 Å². The van der Waals surface area contributed by atoms with Crippen molar-refractivity contribution in [3.05, 3.63) is 11.7 Å². The number of nitrogens with zero attached hydrogens (tertiary/aromatic N) is 2. The van der Waals surface area contributed by atoms with Gasteiger partial charge in [-0.15, -0.1) is 11.8 Å². The van der Waals surface area contributed by atoms with Crippen LogP contribution in [0.1, 0.15) is 32.0 Å². The highest BCUT2D eigenvalue weighted by atomic mass is 32.2. The molecular formula is C10H16N2O3S. The summed E-state index contributed by atoms with van der Waals surface area (Å²) < 4.78 is 9.57. The fourth-order valence-corrected chi connectivity index (χ4v) is 1.89. The molecule has 0 aromatic carbocycles. The van der Waals surface area contributed by atoms with Crippen molar-refractivity contribution in [2.45, 2.75) is 37.7 Å². The van der Waals surface area contributed by atoms with E-state index in [0.29, 0.717) is 23.9 Å². The van der Waals surface area contributed by atoms with Crippen LogP contribution in [0.25, 0.3) is 0 Å². The summed E-state index contributed by atoms with van der Waals surface area (Å²) in [5.74, 6) is 1.79. The summed E-state index contributed by atoms with van der Waals surface area (Å²) in [6.07, 6.45) is 1.15. The highest BCUT2D eigenvalue weighted by Crippen LogP contribution is 2.18. The lowest BCUT2D eigenvalue weighted by Gasteiger charge is -2.07. The molecule has 0 saturated carbocycles. The molecule has 0 aliphatic heterocycles. The maximum Gasteiger partial charge on any atom is 0.306 e. The molecule has 0 spiro atoms. The zero-order valence-electron chi connectivity index (χ0n) is 9.73. The van der Waals surface area contributed by atoms with Crippen LogP contribution in [0.5, 0.6) is 0 Å². The van der Waals surface area contributed by atoms with E-state index in [2.05, 4.69) is 14.9 Å². The van der Waals surface area contributed by atoms with E-state index < -0.39 is 0 Å².